The Bertz CT molecular complexity index is 415. The predicted molar refractivity (Wildman–Crippen MR) is 63.6 cm³/mol. The number of benzene rings is 1. The molecule has 0 atom stereocenters. The van der Waals surface area contributed by atoms with E-state index in [0.29, 0.717) is 28.0 Å². The van der Waals surface area contributed by atoms with Crippen molar-refractivity contribution >= 4 is 21.9 Å². The summed E-state index contributed by atoms with van der Waals surface area (Å²) in [6.07, 6.45) is 0.564. The third kappa shape index (κ3) is 2.14. The molecule has 0 amide bonds. The first-order valence-electron chi connectivity index (χ1n) is 4.73. The number of hydrogen-bond acceptors (Lipinski definition) is 3. The van der Waals surface area contributed by atoms with Crippen LogP contribution in [-0.4, -0.2) is 25.3 Å². The van der Waals surface area contributed by atoms with Crippen LogP contribution in [0.3, 0.4) is 0 Å². The van der Waals surface area contributed by atoms with Crippen molar-refractivity contribution in [3.8, 4) is 11.5 Å². The molecule has 5 heteroatoms. The first-order valence-corrected chi connectivity index (χ1v) is 5.52. The molecule has 0 aliphatic heterocycles. The molecule has 4 nitrogen and oxygen atoms in total. The Morgan fingerprint density at radius 3 is 2.31 bits per heavy atom. The summed E-state index contributed by atoms with van der Waals surface area (Å²) in [6, 6.07) is 1.53. The maximum absolute atomic E-state index is 11.1. The maximum Gasteiger partial charge on any atom is 0.336 e. The summed E-state index contributed by atoms with van der Waals surface area (Å²) in [5.74, 6) is 0.0135. The van der Waals surface area contributed by atoms with E-state index >= 15 is 0 Å². The first kappa shape index (κ1) is 12.8. The maximum atomic E-state index is 11.1. The van der Waals surface area contributed by atoms with Gasteiger partial charge in [-0.25, -0.2) is 4.79 Å². The van der Waals surface area contributed by atoms with Crippen LogP contribution in [0.25, 0.3) is 0 Å². The van der Waals surface area contributed by atoms with Crippen molar-refractivity contribution in [3.63, 3.8) is 0 Å². The van der Waals surface area contributed by atoms with E-state index in [1.807, 2.05) is 6.92 Å². The second-order valence-corrected chi connectivity index (χ2v) is 3.96. The van der Waals surface area contributed by atoms with Crippen LogP contribution in [0, 0.1) is 0 Å². The number of carbonyl (C=O) groups is 1. The second-order valence-electron chi connectivity index (χ2n) is 3.11. The van der Waals surface area contributed by atoms with Crippen LogP contribution >= 0.6 is 15.9 Å². The van der Waals surface area contributed by atoms with Gasteiger partial charge in [-0.15, -0.1) is 0 Å². The first-order chi connectivity index (χ1) is 7.56. The molecular weight excluding hydrogens is 276 g/mol. The van der Waals surface area contributed by atoms with Crippen LogP contribution in [0.15, 0.2) is 10.5 Å². The highest BCUT2D eigenvalue weighted by molar-refractivity contribution is 9.10. The highest BCUT2D eigenvalue weighted by Crippen LogP contribution is 2.40. The van der Waals surface area contributed by atoms with Gasteiger partial charge >= 0.3 is 5.97 Å². The van der Waals surface area contributed by atoms with Crippen LogP contribution in [0.5, 0.6) is 11.5 Å². The zero-order chi connectivity index (χ0) is 12.3. The van der Waals surface area contributed by atoms with E-state index in [2.05, 4.69) is 15.9 Å². The minimum atomic E-state index is -0.974. The number of ether oxygens (including phenoxy) is 2. The second kappa shape index (κ2) is 5.21. The molecule has 0 aromatic heterocycles. The van der Waals surface area contributed by atoms with Crippen LogP contribution in [0.4, 0.5) is 0 Å². The molecule has 0 spiro atoms. The van der Waals surface area contributed by atoms with Gasteiger partial charge < -0.3 is 14.6 Å². The number of halogens is 1. The molecule has 1 rings (SSSR count). The highest BCUT2D eigenvalue weighted by atomic mass is 79.9. The summed E-state index contributed by atoms with van der Waals surface area (Å²) >= 11 is 3.26. The Labute approximate surface area is 102 Å². The number of aromatic carboxylic acids is 1. The molecule has 0 bridgehead atoms. The van der Waals surface area contributed by atoms with Gasteiger partial charge in [-0.05, 0) is 28.4 Å². The molecule has 0 saturated heterocycles. The monoisotopic (exact) mass is 288 g/mol. The molecule has 1 aromatic carbocycles. The van der Waals surface area contributed by atoms with E-state index in [1.54, 1.807) is 0 Å². The van der Waals surface area contributed by atoms with Gasteiger partial charge in [0.05, 0.1) is 24.3 Å². The molecule has 88 valence electrons. The molecule has 16 heavy (non-hydrogen) atoms. The molecule has 0 unspecified atom stereocenters. The molecule has 0 radical (unpaired) electrons. The summed E-state index contributed by atoms with van der Waals surface area (Å²) in [5.41, 5.74) is 0.863. The van der Waals surface area contributed by atoms with Gasteiger partial charge in [0.2, 0.25) is 0 Å². The third-order valence-electron chi connectivity index (χ3n) is 2.29. The normalized spacial score (nSPS) is 10.0. The van der Waals surface area contributed by atoms with E-state index in [1.165, 1.54) is 20.3 Å². The molecular formula is C11H13BrO4. The van der Waals surface area contributed by atoms with Crippen LogP contribution < -0.4 is 9.47 Å². The summed E-state index contributed by atoms with van der Waals surface area (Å²) in [4.78, 5) is 11.1. The number of rotatable bonds is 4. The summed E-state index contributed by atoms with van der Waals surface area (Å²) in [5, 5.41) is 9.09. The lowest BCUT2D eigenvalue weighted by atomic mass is 10.0. The number of carboxylic acids is 1. The van der Waals surface area contributed by atoms with E-state index in [4.69, 9.17) is 14.6 Å². The van der Waals surface area contributed by atoms with Gasteiger partial charge in [-0.3, -0.25) is 0 Å². The molecule has 0 aliphatic rings. The fourth-order valence-corrected chi connectivity index (χ4v) is 2.17. The van der Waals surface area contributed by atoms with Gasteiger partial charge in [0.15, 0.2) is 11.5 Å². The van der Waals surface area contributed by atoms with Crippen LogP contribution in [0.1, 0.15) is 22.8 Å². The lowest BCUT2D eigenvalue weighted by molar-refractivity contribution is 0.0695. The van der Waals surface area contributed by atoms with Crippen molar-refractivity contribution in [3.05, 3.63) is 21.7 Å². The smallest absolute Gasteiger partial charge is 0.336 e. The van der Waals surface area contributed by atoms with Crippen LogP contribution in [-0.2, 0) is 6.42 Å². The fraction of sp³-hybridized carbons (Fsp3) is 0.364. The Balaban J connectivity index is 3.56. The minimum Gasteiger partial charge on any atom is -0.493 e. The lowest BCUT2D eigenvalue weighted by Gasteiger charge is -2.15. The fourth-order valence-electron chi connectivity index (χ4n) is 1.60. The zero-order valence-corrected chi connectivity index (χ0v) is 10.9. The number of methoxy groups -OCH3 is 2. The predicted octanol–water partition coefficient (Wildman–Crippen LogP) is 2.73. The topological polar surface area (TPSA) is 55.8 Å². The molecule has 0 saturated carbocycles. The zero-order valence-electron chi connectivity index (χ0n) is 9.33. The van der Waals surface area contributed by atoms with Crippen molar-refractivity contribution in [1.29, 1.82) is 0 Å². The average Bonchev–Trinajstić information content (AvgIpc) is 2.27. The van der Waals surface area contributed by atoms with Crippen molar-refractivity contribution in [2.24, 2.45) is 0 Å². The molecule has 1 N–H and O–H groups in total. The van der Waals surface area contributed by atoms with Crippen molar-refractivity contribution in [2.75, 3.05) is 14.2 Å². The SMILES string of the molecule is CCc1c(C(=O)O)cc(Br)c(OC)c1OC. The molecule has 0 heterocycles. The van der Waals surface area contributed by atoms with Gasteiger partial charge in [0.1, 0.15) is 0 Å². The Morgan fingerprint density at radius 1 is 1.38 bits per heavy atom. The summed E-state index contributed by atoms with van der Waals surface area (Å²) in [7, 11) is 3.01. The molecule has 0 aliphatic carbocycles. The largest absolute Gasteiger partial charge is 0.493 e. The molecule has 0 fully saturated rings. The average molecular weight is 289 g/mol. The van der Waals surface area contributed by atoms with Crippen molar-refractivity contribution < 1.29 is 19.4 Å². The summed E-state index contributed by atoms with van der Waals surface area (Å²) < 4.78 is 11.0. The van der Waals surface area contributed by atoms with E-state index in [0.717, 1.165) is 0 Å². The van der Waals surface area contributed by atoms with Crippen LogP contribution in [0.2, 0.25) is 0 Å². The Morgan fingerprint density at radius 2 is 1.94 bits per heavy atom. The molecule has 1 aromatic rings. The van der Waals surface area contributed by atoms with Gasteiger partial charge in [-0.1, -0.05) is 6.92 Å². The van der Waals surface area contributed by atoms with Gasteiger partial charge in [0, 0.05) is 5.56 Å². The number of carboxylic acid groups (broad SMARTS) is 1. The quantitative estimate of drug-likeness (QED) is 0.926. The van der Waals surface area contributed by atoms with E-state index < -0.39 is 5.97 Å². The summed E-state index contributed by atoms with van der Waals surface area (Å²) in [6.45, 7) is 1.87. The lowest BCUT2D eigenvalue weighted by Crippen LogP contribution is -2.06. The van der Waals surface area contributed by atoms with Gasteiger partial charge in [0.25, 0.3) is 0 Å². The minimum absolute atomic E-state index is 0.229. The van der Waals surface area contributed by atoms with Crippen molar-refractivity contribution in [2.45, 2.75) is 13.3 Å². The van der Waals surface area contributed by atoms with Gasteiger partial charge in [-0.2, -0.15) is 0 Å². The third-order valence-corrected chi connectivity index (χ3v) is 2.87. The van der Waals surface area contributed by atoms with E-state index in [9.17, 15) is 4.79 Å². The van der Waals surface area contributed by atoms with E-state index in [-0.39, 0.29) is 5.56 Å². The number of hydrogen-bond donors (Lipinski definition) is 1. The Kier molecular flexibility index (Phi) is 4.18. The standard InChI is InChI=1S/C11H13BrO4/c1-4-6-7(11(13)14)5-8(12)10(16-3)9(6)15-2/h5H,4H2,1-3H3,(H,13,14). The van der Waals surface area contributed by atoms with Crippen molar-refractivity contribution in [1.82, 2.24) is 0 Å². The Hall–Kier alpha value is -1.23. The highest BCUT2D eigenvalue weighted by Gasteiger charge is 2.20.